The van der Waals surface area contributed by atoms with E-state index in [2.05, 4.69) is 15.2 Å². The Hall–Kier alpha value is -2.86. The van der Waals surface area contributed by atoms with E-state index in [1.807, 2.05) is 12.1 Å². The molecule has 0 radical (unpaired) electrons. The van der Waals surface area contributed by atoms with Crippen LogP contribution in [0.1, 0.15) is 27.5 Å². The summed E-state index contributed by atoms with van der Waals surface area (Å²) in [5.74, 6) is -0.154. The number of aliphatic hydroxyl groups is 1. The molecular formula is C16H12ClN3O3. The molecular weight excluding hydrogens is 318 g/mol. The van der Waals surface area contributed by atoms with Crippen LogP contribution in [0.2, 0.25) is 5.02 Å². The van der Waals surface area contributed by atoms with Crippen LogP contribution in [0.4, 0.5) is 0 Å². The van der Waals surface area contributed by atoms with E-state index < -0.39 is 5.78 Å². The van der Waals surface area contributed by atoms with Crippen LogP contribution < -0.4 is 0 Å². The normalized spacial score (nSPS) is 11.6. The molecule has 6 nitrogen and oxygen atoms in total. The Morgan fingerprint density at radius 2 is 2.26 bits per heavy atom. The maximum atomic E-state index is 12.3. The smallest absolute Gasteiger partial charge is 0.215 e. The average molecular weight is 330 g/mol. The van der Waals surface area contributed by atoms with E-state index in [9.17, 15) is 9.90 Å². The Morgan fingerprint density at radius 3 is 3.00 bits per heavy atom. The number of halogens is 1. The predicted molar refractivity (Wildman–Crippen MR) is 84.3 cm³/mol. The van der Waals surface area contributed by atoms with Crippen molar-refractivity contribution >= 4 is 23.1 Å². The fraction of sp³-hybridized carbons (Fsp3) is 0.0625. The van der Waals surface area contributed by atoms with Crippen molar-refractivity contribution in [2.24, 2.45) is 0 Å². The summed E-state index contributed by atoms with van der Waals surface area (Å²) in [5.41, 5.74) is 1.29. The Bertz CT molecular complexity index is 853. The van der Waals surface area contributed by atoms with Crippen molar-refractivity contribution in [2.75, 3.05) is 0 Å². The molecule has 23 heavy (non-hydrogen) atoms. The number of hydrogen-bond acceptors (Lipinski definition) is 5. The molecule has 0 aliphatic rings. The number of aliphatic hydroxyl groups excluding tert-OH is 1. The van der Waals surface area contributed by atoms with E-state index in [1.54, 1.807) is 18.2 Å². The first kappa shape index (κ1) is 15.1. The van der Waals surface area contributed by atoms with Gasteiger partial charge in [0.1, 0.15) is 12.1 Å². The molecule has 0 aliphatic heterocycles. The molecule has 3 rings (SSSR count). The van der Waals surface area contributed by atoms with Crippen LogP contribution in [0.3, 0.4) is 0 Å². The minimum atomic E-state index is -0.391. The van der Waals surface area contributed by atoms with Crippen molar-refractivity contribution in [3.05, 3.63) is 76.7 Å². The number of nitrogens with one attached hydrogen (secondary N) is 1. The van der Waals surface area contributed by atoms with Gasteiger partial charge in [-0.1, -0.05) is 23.7 Å². The van der Waals surface area contributed by atoms with Gasteiger partial charge in [0.05, 0.1) is 11.8 Å². The SMILES string of the molecule is O=C(C=C(O)c1nc[nH]n1)c1ccoc1Cc1cccc(Cl)c1. The maximum Gasteiger partial charge on any atom is 0.215 e. The summed E-state index contributed by atoms with van der Waals surface area (Å²) in [6.45, 7) is 0. The lowest BCUT2D eigenvalue weighted by molar-refractivity contribution is 0.104. The number of benzene rings is 1. The Morgan fingerprint density at radius 1 is 1.39 bits per heavy atom. The number of allylic oxidation sites excluding steroid dienone is 1. The van der Waals surface area contributed by atoms with Crippen LogP contribution >= 0.6 is 11.6 Å². The third-order valence-electron chi connectivity index (χ3n) is 3.18. The largest absolute Gasteiger partial charge is 0.504 e. The van der Waals surface area contributed by atoms with Gasteiger partial charge in [0, 0.05) is 17.5 Å². The topological polar surface area (TPSA) is 92.0 Å². The first-order valence-corrected chi connectivity index (χ1v) is 7.13. The zero-order valence-electron chi connectivity index (χ0n) is 11.9. The van der Waals surface area contributed by atoms with Gasteiger partial charge in [-0.2, -0.15) is 5.10 Å². The number of furan rings is 1. The molecule has 2 N–H and O–H groups in total. The molecule has 2 heterocycles. The van der Waals surface area contributed by atoms with Crippen LogP contribution in [0.5, 0.6) is 0 Å². The summed E-state index contributed by atoms with van der Waals surface area (Å²) in [4.78, 5) is 16.1. The van der Waals surface area contributed by atoms with E-state index in [1.165, 1.54) is 12.6 Å². The predicted octanol–water partition coefficient (Wildman–Crippen LogP) is 3.42. The zero-order valence-corrected chi connectivity index (χ0v) is 12.6. The minimum absolute atomic E-state index is 0.0539. The Balaban J connectivity index is 1.83. The molecule has 116 valence electrons. The number of carbonyl (C=O) groups is 1. The Kier molecular flexibility index (Phi) is 4.25. The highest BCUT2D eigenvalue weighted by molar-refractivity contribution is 6.30. The zero-order chi connectivity index (χ0) is 16.2. The number of nitrogens with zero attached hydrogens (tertiary/aromatic N) is 2. The van der Waals surface area contributed by atoms with E-state index in [4.69, 9.17) is 16.0 Å². The summed E-state index contributed by atoms with van der Waals surface area (Å²) < 4.78 is 5.39. The van der Waals surface area contributed by atoms with Gasteiger partial charge in [-0.05, 0) is 23.8 Å². The van der Waals surface area contributed by atoms with Gasteiger partial charge >= 0.3 is 0 Å². The van der Waals surface area contributed by atoms with Gasteiger partial charge in [0.15, 0.2) is 11.5 Å². The Labute approximate surface area is 136 Å². The number of carbonyl (C=O) groups excluding carboxylic acids is 1. The average Bonchev–Trinajstić information content (AvgIpc) is 3.18. The van der Waals surface area contributed by atoms with Crippen molar-refractivity contribution in [1.82, 2.24) is 15.2 Å². The van der Waals surface area contributed by atoms with Crippen LogP contribution in [0, 0.1) is 0 Å². The molecule has 0 unspecified atom stereocenters. The summed E-state index contributed by atoms with van der Waals surface area (Å²) in [5, 5.41) is 16.6. The van der Waals surface area contributed by atoms with E-state index in [-0.39, 0.29) is 11.6 Å². The monoisotopic (exact) mass is 329 g/mol. The number of aromatic nitrogens is 3. The van der Waals surface area contributed by atoms with E-state index >= 15 is 0 Å². The maximum absolute atomic E-state index is 12.3. The molecule has 2 aromatic heterocycles. The molecule has 0 fully saturated rings. The molecule has 0 saturated carbocycles. The number of ketones is 1. The summed E-state index contributed by atoms with van der Waals surface area (Å²) in [7, 11) is 0. The first-order chi connectivity index (χ1) is 11.1. The number of H-pyrrole nitrogens is 1. The van der Waals surface area contributed by atoms with Crippen molar-refractivity contribution < 1.29 is 14.3 Å². The van der Waals surface area contributed by atoms with Gasteiger partial charge in [0.25, 0.3) is 0 Å². The highest BCUT2D eigenvalue weighted by Crippen LogP contribution is 2.20. The molecule has 0 saturated heterocycles. The summed E-state index contributed by atoms with van der Waals surface area (Å²) in [6, 6.07) is 8.86. The van der Waals surface area contributed by atoms with Gasteiger partial charge in [-0.25, -0.2) is 4.98 Å². The van der Waals surface area contributed by atoms with Crippen LogP contribution in [0.15, 0.2) is 53.4 Å². The summed E-state index contributed by atoms with van der Waals surface area (Å²) in [6.07, 6.45) is 4.23. The van der Waals surface area contributed by atoms with Crippen molar-refractivity contribution in [2.45, 2.75) is 6.42 Å². The lowest BCUT2D eigenvalue weighted by Crippen LogP contribution is -2.00. The highest BCUT2D eigenvalue weighted by atomic mass is 35.5. The highest BCUT2D eigenvalue weighted by Gasteiger charge is 2.15. The first-order valence-electron chi connectivity index (χ1n) is 6.75. The number of aromatic amines is 1. The number of hydrogen-bond donors (Lipinski definition) is 2. The minimum Gasteiger partial charge on any atom is -0.504 e. The molecule has 0 spiro atoms. The fourth-order valence-electron chi connectivity index (χ4n) is 2.13. The molecule has 0 bridgehead atoms. The number of rotatable bonds is 5. The third kappa shape index (κ3) is 3.49. The van der Waals surface area contributed by atoms with Crippen molar-refractivity contribution in [1.29, 1.82) is 0 Å². The van der Waals surface area contributed by atoms with Crippen molar-refractivity contribution in [3.63, 3.8) is 0 Å². The van der Waals surface area contributed by atoms with E-state index in [0.29, 0.717) is 22.8 Å². The van der Waals surface area contributed by atoms with Gasteiger partial charge in [-0.3, -0.25) is 9.89 Å². The molecule has 3 aromatic rings. The second-order valence-corrected chi connectivity index (χ2v) is 5.22. The molecule has 0 atom stereocenters. The summed E-state index contributed by atoms with van der Waals surface area (Å²) >= 11 is 5.96. The molecule has 7 heteroatoms. The van der Waals surface area contributed by atoms with Crippen LogP contribution in [-0.4, -0.2) is 26.1 Å². The second-order valence-electron chi connectivity index (χ2n) is 4.78. The van der Waals surface area contributed by atoms with Gasteiger partial charge in [-0.15, -0.1) is 0 Å². The van der Waals surface area contributed by atoms with Gasteiger partial charge in [0.2, 0.25) is 5.82 Å². The molecule has 0 aliphatic carbocycles. The van der Waals surface area contributed by atoms with Crippen LogP contribution in [0.25, 0.3) is 5.76 Å². The lowest BCUT2D eigenvalue weighted by atomic mass is 10.0. The van der Waals surface area contributed by atoms with Crippen LogP contribution in [-0.2, 0) is 6.42 Å². The molecule has 0 amide bonds. The quantitative estimate of drug-likeness (QED) is 0.425. The third-order valence-corrected chi connectivity index (χ3v) is 3.41. The lowest BCUT2D eigenvalue weighted by Gasteiger charge is -2.02. The van der Waals surface area contributed by atoms with E-state index in [0.717, 1.165) is 11.6 Å². The second kappa shape index (κ2) is 6.50. The van der Waals surface area contributed by atoms with Crippen molar-refractivity contribution in [3.8, 4) is 0 Å². The van der Waals surface area contributed by atoms with Gasteiger partial charge < -0.3 is 9.52 Å². The molecule has 1 aromatic carbocycles. The standard InChI is InChI=1S/C16H12ClN3O3/c17-11-3-1-2-10(6-11)7-15-12(4-5-23-15)13(21)8-14(22)16-18-9-19-20-16/h1-6,8-9,22H,7H2,(H,18,19,20). The fourth-order valence-corrected chi connectivity index (χ4v) is 2.34.